The normalized spacial score (nSPS) is 11.6. The Labute approximate surface area is 121 Å². The van der Waals surface area contributed by atoms with Gasteiger partial charge < -0.3 is 4.74 Å². The number of esters is 1. The molecule has 5 nitrogen and oxygen atoms in total. The molecule has 0 aromatic heterocycles. The standard InChI is InChI=1S/C12H16BrNO4S/c1-3-18-12(15)9-19(16,17)14(2)8-10-6-4-5-7-11(10)13/h4-7H,3,8-9H2,1-2H3. The van der Waals surface area contributed by atoms with Crippen molar-refractivity contribution in [1.82, 2.24) is 4.31 Å². The Balaban J connectivity index is 2.74. The fourth-order valence-electron chi connectivity index (χ4n) is 1.43. The van der Waals surface area contributed by atoms with Crippen LogP contribution in [0.2, 0.25) is 0 Å². The monoisotopic (exact) mass is 349 g/mol. The molecule has 0 fully saturated rings. The van der Waals surface area contributed by atoms with Crippen molar-refractivity contribution in [3.63, 3.8) is 0 Å². The molecule has 0 bridgehead atoms. The Morgan fingerprint density at radius 1 is 1.37 bits per heavy atom. The lowest BCUT2D eigenvalue weighted by molar-refractivity contribution is -0.140. The first kappa shape index (κ1) is 16.1. The molecule has 0 heterocycles. The van der Waals surface area contributed by atoms with Crippen LogP contribution in [0.25, 0.3) is 0 Å². The number of nitrogens with zero attached hydrogens (tertiary/aromatic N) is 1. The highest BCUT2D eigenvalue weighted by atomic mass is 79.9. The van der Waals surface area contributed by atoms with Crippen LogP contribution in [0.15, 0.2) is 28.7 Å². The highest BCUT2D eigenvalue weighted by Gasteiger charge is 2.23. The van der Waals surface area contributed by atoms with Crippen LogP contribution in [0.5, 0.6) is 0 Å². The van der Waals surface area contributed by atoms with Crippen LogP contribution < -0.4 is 0 Å². The quantitative estimate of drug-likeness (QED) is 0.734. The van der Waals surface area contributed by atoms with Gasteiger partial charge in [-0.25, -0.2) is 12.7 Å². The minimum Gasteiger partial charge on any atom is -0.465 e. The number of halogens is 1. The summed E-state index contributed by atoms with van der Waals surface area (Å²) in [6, 6.07) is 7.33. The molecule has 0 aliphatic carbocycles. The second-order valence-electron chi connectivity index (χ2n) is 3.91. The SMILES string of the molecule is CCOC(=O)CS(=O)(=O)N(C)Cc1ccccc1Br. The summed E-state index contributed by atoms with van der Waals surface area (Å²) >= 11 is 3.35. The Hall–Kier alpha value is -0.920. The predicted molar refractivity (Wildman–Crippen MR) is 76.0 cm³/mol. The van der Waals surface area contributed by atoms with Crippen LogP contribution in [0, 0.1) is 0 Å². The van der Waals surface area contributed by atoms with E-state index in [4.69, 9.17) is 0 Å². The molecule has 0 amide bonds. The lowest BCUT2D eigenvalue weighted by Gasteiger charge is -2.17. The molecule has 106 valence electrons. The second-order valence-corrected chi connectivity index (χ2v) is 6.84. The Morgan fingerprint density at radius 2 is 2.00 bits per heavy atom. The number of hydrogen-bond acceptors (Lipinski definition) is 4. The van der Waals surface area contributed by atoms with Crippen molar-refractivity contribution in [2.45, 2.75) is 13.5 Å². The van der Waals surface area contributed by atoms with Crippen molar-refractivity contribution in [2.75, 3.05) is 19.4 Å². The van der Waals surface area contributed by atoms with Gasteiger partial charge in [-0.05, 0) is 18.6 Å². The summed E-state index contributed by atoms with van der Waals surface area (Å²) in [6.07, 6.45) is 0. The lowest BCUT2D eigenvalue weighted by Crippen LogP contribution is -2.32. The molecule has 0 atom stereocenters. The summed E-state index contributed by atoms with van der Waals surface area (Å²) in [5.74, 6) is -1.37. The Bertz CT molecular complexity index is 544. The molecule has 0 N–H and O–H groups in total. The smallest absolute Gasteiger partial charge is 0.322 e. The number of hydrogen-bond donors (Lipinski definition) is 0. The molecule has 0 spiro atoms. The van der Waals surface area contributed by atoms with E-state index in [1.807, 2.05) is 24.3 Å². The number of carbonyl (C=O) groups excluding carboxylic acids is 1. The van der Waals surface area contributed by atoms with E-state index in [1.165, 1.54) is 7.05 Å². The minimum absolute atomic E-state index is 0.169. The van der Waals surface area contributed by atoms with Crippen molar-refractivity contribution in [1.29, 1.82) is 0 Å². The van der Waals surface area contributed by atoms with E-state index in [1.54, 1.807) is 6.92 Å². The van der Waals surface area contributed by atoms with Gasteiger partial charge in [0, 0.05) is 18.1 Å². The molecular weight excluding hydrogens is 334 g/mol. The average molecular weight is 350 g/mol. The third-order valence-corrected chi connectivity index (χ3v) is 4.88. The predicted octanol–water partition coefficient (Wildman–Crippen LogP) is 1.77. The zero-order chi connectivity index (χ0) is 14.5. The molecule has 0 aliphatic heterocycles. The summed E-state index contributed by atoms with van der Waals surface area (Å²) in [4.78, 5) is 11.2. The molecule has 1 aromatic carbocycles. The fraction of sp³-hybridized carbons (Fsp3) is 0.417. The number of benzene rings is 1. The van der Waals surface area contributed by atoms with Gasteiger partial charge in [-0.3, -0.25) is 4.79 Å². The van der Waals surface area contributed by atoms with Gasteiger partial charge in [0.05, 0.1) is 6.61 Å². The van der Waals surface area contributed by atoms with Crippen LogP contribution in [-0.4, -0.2) is 38.1 Å². The largest absolute Gasteiger partial charge is 0.465 e. The van der Waals surface area contributed by atoms with Crippen molar-refractivity contribution in [2.24, 2.45) is 0 Å². The molecule has 7 heteroatoms. The molecule has 1 rings (SSSR count). The number of rotatable bonds is 6. The highest BCUT2D eigenvalue weighted by Crippen LogP contribution is 2.18. The summed E-state index contributed by atoms with van der Waals surface area (Å²) in [6.45, 7) is 2.00. The van der Waals surface area contributed by atoms with Crippen LogP contribution in [-0.2, 0) is 26.1 Å². The van der Waals surface area contributed by atoms with Gasteiger partial charge in [0.1, 0.15) is 0 Å². The molecule has 0 saturated carbocycles. The van der Waals surface area contributed by atoms with E-state index in [9.17, 15) is 13.2 Å². The fourth-order valence-corrected chi connectivity index (χ4v) is 2.77. The second kappa shape index (κ2) is 7.02. The Morgan fingerprint density at radius 3 is 2.58 bits per heavy atom. The van der Waals surface area contributed by atoms with Crippen molar-refractivity contribution in [3.05, 3.63) is 34.3 Å². The summed E-state index contributed by atoms with van der Waals surface area (Å²) in [5, 5.41) is 0. The van der Waals surface area contributed by atoms with E-state index in [0.717, 1.165) is 14.3 Å². The third-order valence-electron chi connectivity index (χ3n) is 2.43. The van der Waals surface area contributed by atoms with Gasteiger partial charge in [-0.1, -0.05) is 34.1 Å². The number of ether oxygens (including phenoxy) is 1. The van der Waals surface area contributed by atoms with Crippen LogP contribution in [0.3, 0.4) is 0 Å². The molecule has 19 heavy (non-hydrogen) atoms. The maximum absolute atomic E-state index is 11.9. The molecule has 0 radical (unpaired) electrons. The van der Waals surface area contributed by atoms with Crippen LogP contribution >= 0.6 is 15.9 Å². The van der Waals surface area contributed by atoms with Gasteiger partial charge in [0.2, 0.25) is 10.0 Å². The van der Waals surface area contributed by atoms with E-state index in [2.05, 4.69) is 20.7 Å². The van der Waals surface area contributed by atoms with Crippen molar-refractivity contribution >= 4 is 31.9 Å². The van der Waals surface area contributed by atoms with Gasteiger partial charge in [0.15, 0.2) is 5.75 Å². The first-order valence-corrected chi connectivity index (χ1v) is 8.10. The lowest BCUT2D eigenvalue weighted by atomic mass is 10.2. The van der Waals surface area contributed by atoms with Crippen LogP contribution in [0.4, 0.5) is 0 Å². The summed E-state index contributed by atoms with van der Waals surface area (Å²) < 4.78 is 30.5. The average Bonchev–Trinajstić information content (AvgIpc) is 2.31. The van der Waals surface area contributed by atoms with Gasteiger partial charge in [-0.15, -0.1) is 0 Å². The van der Waals surface area contributed by atoms with E-state index in [-0.39, 0.29) is 13.2 Å². The summed E-state index contributed by atoms with van der Waals surface area (Å²) in [7, 11) is -2.22. The summed E-state index contributed by atoms with van der Waals surface area (Å²) in [5.41, 5.74) is 0.831. The third kappa shape index (κ3) is 4.93. The molecule has 0 saturated heterocycles. The number of carbonyl (C=O) groups is 1. The minimum atomic E-state index is -3.66. The maximum atomic E-state index is 11.9. The first-order valence-electron chi connectivity index (χ1n) is 5.70. The zero-order valence-corrected chi connectivity index (χ0v) is 13.2. The van der Waals surface area contributed by atoms with Crippen molar-refractivity contribution in [3.8, 4) is 0 Å². The molecular formula is C12H16BrNO4S. The van der Waals surface area contributed by atoms with Gasteiger partial charge >= 0.3 is 5.97 Å². The van der Waals surface area contributed by atoms with E-state index in [0.29, 0.717) is 0 Å². The van der Waals surface area contributed by atoms with E-state index >= 15 is 0 Å². The first-order chi connectivity index (χ1) is 8.86. The Kier molecular flexibility index (Phi) is 5.96. The van der Waals surface area contributed by atoms with Crippen LogP contribution in [0.1, 0.15) is 12.5 Å². The van der Waals surface area contributed by atoms with Crippen molar-refractivity contribution < 1.29 is 17.9 Å². The van der Waals surface area contributed by atoms with E-state index < -0.39 is 21.7 Å². The number of sulfonamides is 1. The highest BCUT2D eigenvalue weighted by molar-refractivity contribution is 9.10. The molecule has 1 aromatic rings. The van der Waals surface area contributed by atoms with Gasteiger partial charge in [-0.2, -0.15) is 0 Å². The topological polar surface area (TPSA) is 63.7 Å². The molecule has 0 unspecified atom stereocenters. The van der Waals surface area contributed by atoms with Gasteiger partial charge in [0.25, 0.3) is 0 Å². The maximum Gasteiger partial charge on any atom is 0.322 e. The zero-order valence-electron chi connectivity index (χ0n) is 10.8. The molecule has 0 aliphatic rings.